The van der Waals surface area contributed by atoms with Gasteiger partial charge in [-0.2, -0.15) is 0 Å². The fourth-order valence-corrected chi connectivity index (χ4v) is 3.91. The highest BCUT2D eigenvalue weighted by atomic mass is 32.1. The van der Waals surface area contributed by atoms with Gasteiger partial charge in [-0.3, -0.25) is 14.9 Å². The van der Waals surface area contributed by atoms with Crippen LogP contribution in [0.1, 0.15) is 20.9 Å². The molecule has 0 saturated heterocycles. The van der Waals surface area contributed by atoms with Crippen LogP contribution in [0.25, 0.3) is 21.5 Å². The molecule has 1 N–H and O–H groups in total. The number of ketones is 1. The molecule has 0 amide bonds. The molecule has 1 heterocycles. The second-order valence-corrected chi connectivity index (χ2v) is 7.24. The highest BCUT2D eigenvalue weighted by Crippen LogP contribution is 2.33. The van der Waals surface area contributed by atoms with Crippen LogP contribution in [0.15, 0.2) is 78.9 Å². The third-order valence-electron chi connectivity index (χ3n) is 4.36. The smallest absolute Gasteiger partial charge is 0.269 e. The van der Waals surface area contributed by atoms with Crippen molar-refractivity contribution < 1.29 is 14.8 Å². The number of aliphatic hydroxyl groups is 1. The van der Waals surface area contributed by atoms with Gasteiger partial charge in [-0.1, -0.05) is 42.5 Å². The quantitative estimate of drug-likeness (QED) is 0.156. The predicted molar refractivity (Wildman–Crippen MR) is 113 cm³/mol. The molecule has 0 aliphatic heterocycles. The molecule has 0 spiro atoms. The van der Waals surface area contributed by atoms with Gasteiger partial charge in [0.2, 0.25) is 0 Å². The van der Waals surface area contributed by atoms with Crippen molar-refractivity contribution in [2.75, 3.05) is 0 Å². The van der Waals surface area contributed by atoms with Gasteiger partial charge in [-0.15, -0.1) is 11.3 Å². The van der Waals surface area contributed by atoms with Gasteiger partial charge in [-0.05, 0) is 24.3 Å². The van der Waals surface area contributed by atoms with E-state index < -0.39 is 10.7 Å². The Hall–Kier alpha value is -3.84. The Morgan fingerprint density at radius 3 is 2.21 bits per heavy atom. The highest BCUT2D eigenvalue weighted by Gasteiger charge is 2.24. The zero-order valence-corrected chi connectivity index (χ0v) is 15.8. The normalized spacial score (nSPS) is 11.9. The maximum Gasteiger partial charge on any atom is 0.269 e. The Bertz CT molecular complexity index is 1210. The van der Waals surface area contributed by atoms with Crippen molar-refractivity contribution in [3.63, 3.8) is 0 Å². The monoisotopic (exact) mass is 402 g/mol. The van der Waals surface area contributed by atoms with Crippen LogP contribution in [-0.2, 0) is 0 Å². The van der Waals surface area contributed by atoms with Gasteiger partial charge in [0.1, 0.15) is 16.3 Å². The average molecular weight is 402 g/mol. The lowest BCUT2D eigenvalue weighted by Crippen LogP contribution is -2.06. The van der Waals surface area contributed by atoms with Gasteiger partial charge >= 0.3 is 0 Å². The Morgan fingerprint density at radius 2 is 1.55 bits per heavy atom. The van der Waals surface area contributed by atoms with Crippen LogP contribution in [0.4, 0.5) is 5.69 Å². The third kappa shape index (κ3) is 3.63. The Kier molecular flexibility index (Phi) is 4.88. The van der Waals surface area contributed by atoms with Crippen LogP contribution >= 0.6 is 11.3 Å². The molecular weight excluding hydrogens is 388 g/mol. The van der Waals surface area contributed by atoms with Gasteiger partial charge in [0, 0.05) is 23.3 Å². The van der Waals surface area contributed by atoms with E-state index in [1.165, 1.54) is 35.6 Å². The number of hydrogen-bond acceptors (Lipinski definition) is 6. The van der Waals surface area contributed by atoms with Gasteiger partial charge in [0.25, 0.3) is 5.69 Å². The summed E-state index contributed by atoms with van der Waals surface area (Å²) in [5, 5.41) is 22.2. The molecule has 0 bridgehead atoms. The van der Waals surface area contributed by atoms with E-state index in [0.29, 0.717) is 10.6 Å². The fourth-order valence-electron chi connectivity index (χ4n) is 2.90. The summed E-state index contributed by atoms with van der Waals surface area (Å²) >= 11 is 1.30. The molecule has 0 aliphatic rings. The zero-order valence-electron chi connectivity index (χ0n) is 15.0. The lowest BCUT2D eigenvalue weighted by atomic mass is 9.99. The molecule has 0 aliphatic carbocycles. The van der Waals surface area contributed by atoms with E-state index >= 15 is 0 Å². The van der Waals surface area contributed by atoms with E-state index in [0.717, 1.165) is 10.2 Å². The van der Waals surface area contributed by atoms with Crippen LogP contribution in [0.2, 0.25) is 0 Å². The number of carbonyl (C=O) groups excluding carboxylic acids is 1. The van der Waals surface area contributed by atoms with E-state index in [1.807, 2.05) is 30.3 Å². The number of benzene rings is 3. The topological polar surface area (TPSA) is 93.3 Å². The summed E-state index contributed by atoms with van der Waals surface area (Å²) in [6, 6.07) is 21.5. The molecule has 7 heteroatoms. The largest absolute Gasteiger partial charge is 0.506 e. The Labute approximate surface area is 169 Å². The number of non-ortho nitro benzene ring substituents is 1. The predicted octanol–water partition coefficient (Wildman–Crippen LogP) is 5.51. The number of carbonyl (C=O) groups is 1. The number of nitro groups is 1. The summed E-state index contributed by atoms with van der Waals surface area (Å²) in [6.07, 6.45) is 0. The minimum Gasteiger partial charge on any atom is -0.506 e. The molecular formula is C22H14N2O4S. The average Bonchev–Trinajstić information content (AvgIpc) is 3.18. The summed E-state index contributed by atoms with van der Waals surface area (Å²) in [7, 11) is 0. The van der Waals surface area contributed by atoms with E-state index in [9.17, 15) is 20.0 Å². The number of aromatic nitrogens is 1. The summed E-state index contributed by atoms with van der Waals surface area (Å²) in [5.74, 6) is -0.645. The van der Waals surface area contributed by atoms with Crippen molar-refractivity contribution >= 4 is 44.4 Å². The minimum absolute atomic E-state index is 0.0613. The summed E-state index contributed by atoms with van der Waals surface area (Å²) in [6.45, 7) is 0. The molecule has 29 heavy (non-hydrogen) atoms. The lowest BCUT2D eigenvalue weighted by Gasteiger charge is -2.08. The molecule has 4 aromatic rings. The van der Waals surface area contributed by atoms with E-state index in [4.69, 9.17) is 0 Å². The molecule has 6 nitrogen and oxygen atoms in total. The summed E-state index contributed by atoms with van der Waals surface area (Å²) in [5.41, 5.74) is 1.39. The summed E-state index contributed by atoms with van der Waals surface area (Å²) in [4.78, 5) is 28.2. The third-order valence-corrected chi connectivity index (χ3v) is 5.41. The number of fused-ring (bicyclic) bond motifs is 1. The molecule has 0 unspecified atom stereocenters. The number of Topliss-reactive ketones (excluding diaryl/α,β-unsaturated/α-hetero) is 1. The molecule has 142 valence electrons. The standard InChI is InChI=1S/C22H14N2O4S/c25-20(14-6-2-1-3-7-14)19(22-23-17-8-4-5-9-18(17)29-22)21(26)15-10-12-16(13-11-15)24(27)28/h1-13,25H/b20-19-. The Balaban J connectivity index is 1.88. The molecule has 0 radical (unpaired) electrons. The number of rotatable bonds is 5. The van der Waals surface area contributed by atoms with Gasteiger partial charge in [-0.25, -0.2) is 4.98 Å². The number of hydrogen-bond donors (Lipinski definition) is 1. The molecule has 0 saturated carbocycles. The van der Waals surface area contributed by atoms with E-state index in [1.54, 1.807) is 24.3 Å². The summed E-state index contributed by atoms with van der Waals surface area (Å²) < 4.78 is 0.886. The van der Waals surface area contributed by atoms with Crippen LogP contribution < -0.4 is 0 Å². The SMILES string of the molecule is O=C(/C(=C(/O)c1ccccc1)c1nc2ccccc2s1)c1ccc([N+](=O)[O-])cc1. The van der Waals surface area contributed by atoms with Crippen molar-refractivity contribution in [1.29, 1.82) is 0 Å². The van der Waals surface area contributed by atoms with Crippen molar-refractivity contribution in [2.45, 2.75) is 0 Å². The Morgan fingerprint density at radius 1 is 0.897 bits per heavy atom. The second-order valence-electron chi connectivity index (χ2n) is 6.21. The number of aliphatic hydroxyl groups excluding tert-OH is 1. The maximum atomic E-state index is 13.3. The number of nitrogens with zero attached hydrogens (tertiary/aromatic N) is 2. The van der Waals surface area contributed by atoms with Crippen LogP contribution in [0, 0.1) is 10.1 Å². The van der Waals surface area contributed by atoms with Crippen LogP contribution in [-0.4, -0.2) is 20.8 Å². The van der Waals surface area contributed by atoms with Crippen molar-refractivity contribution in [3.05, 3.63) is 105 Å². The zero-order chi connectivity index (χ0) is 20.4. The highest BCUT2D eigenvalue weighted by molar-refractivity contribution is 7.20. The van der Waals surface area contributed by atoms with Crippen molar-refractivity contribution in [2.24, 2.45) is 0 Å². The molecule has 3 aromatic carbocycles. The van der Waals surface area contributed by atoms with Crippen LogP contribution in [0.3, 0.4) is 0 Å². The first-order valence-corrected chi connectivity index (χ1v) is 9.50. The molecule has 0 fully saturated rings. The molecule has 4 rings (SSSR count). The number of allylic oxidation sites excluding steroid dienone is 1. The first kappa shape index (κ1) is 18.5. The minimum atomic E-state index is -0.528. The maximum absolute atomic E-state index is 13.3. The van der Waals surface area contributed by atoms with E-state index in [2.05, 4.69) is 4.98 Å². The van der Waals surface area contributed by atoms with Gasteiger partial charge < -0.3 is 5.11 Å². The number of nitro benzene ring substituents is 1. The number of para-hydroxylation sites is 1. The van der Waals surface area contributed by atoms with Gasteiger partial charge in [0.15, 0.2) is 5.78 Å². The lowest BCUT2D eigenvalue weighted by molar-refractivity contribution is -0.384. The first-order valence-electron chi connectivity index (χ1n) is 8.68. The molecule has 0 atom stereocenters. The van der Waals surface area contributed by atoms with Gasteiger partial charge in [0.05, 0.1) is 15.1 Å². The van der Waals surface area contributed by atoms with Crippen molar-refractivity contribution in [1.82, 2.24) is 4.98 Å². The van der Waals surface area contributed by atoms with Crippen molar-refractivity contribution in [3.8, 4) is 0 Å². The first-order chi connectivity index (χ1) is 14.0. The fraction of sp³-hybridized carbons (Fsp3) is 0. The molecule has 1 aromatic heterocycles. The van der Waals surface area contributed by atoms with Crippen LogP contribution in [0.5, 0.6) is 0 Å². The second kappa shape index (κ2) is 7.65. The number of thiazole rings is 1. The van der Waals surface area contributed by atoms with E-state index in [-0.39, 0.29) is 22.6 Å².